The molecule has 1 N–H and O–H groups in total. The highest BCUT2D eigenvalue weighted by molar-refractivity contribution is 6.15. The summed E-state index contributed by atoms with van der Waals surface area (Å²) in [7, 11) is 1.58. The number of aliphatic carboxylic acids is 1. The Morgan fingerprint density at radius 3 is 2.40 bits per heavy atom. The Labute approximate surface area is 89.0 Å². The monoisotopic (exact) mass is 206 g/mol. The summed E-state index contributed by atoms with van der Waals surface area (Å²) >= 11 is 0. The van der Waals surface area contributed by atoms with Gasteiger partial charge in [-0.1, -0.05) is 25.1 Å². The lowest BCUT2D eigenvalue weighted by molar-refractivity contribution is -0.130. The van der Waals surface area contributed by atoms with Crippen molar-refractivity contribution in [3.63, 3.8) is 0 Å². The summed E-state index contributed by atoms with van der Waals surface area (Å²) in [5.74, 6) is -0.179. The summed E-state index contributed by atoms with van der Waals surface area (Å²) in [6.45, 7) is 1.91. The first kappa shape index (κ1) is 11.3. The highest BCUT2D eigenvalue weighted by atomic mass is 16.5. The topological polar surface area (TPSA) is 46.5 Å². The number of hydrogen-bond acceptors (Lipinski definition) is 2. The molecule has 0 radical (unpaired) electrons. The van der Waals surface area contributed by atoms with E-state index >= 15 is 0 Å². The molecule has 0 saturated carbocycles. The number of allylic oxidation sites excluding steroid dienone is 1. The van der Waals surface area contributed by atoms with Gasteiger partial charge in [-0.25, -0.2) is 4.79 Å². The standard InChI is InChI=1S/C12H14O3/c1-3-4-11(12(13)14)9-5-7-10(15-2)8-6-9/h4-8H,3H2,1-2H3,(H,13,14). The summed E-state index contributed by atoms with van der Waals surface area (Å²) in [5, 5.41) is 8.98. The lowest BCUT2D eigenvalue weighted by Gasteiger charge is -2.04. The van der Waals surface area contributed by atoms with E-state index in [1.54, 1.807) is 37.5 Å². The SMILES string of the molecule is CCC=C(C(=O)O)c1ccc(OC)cc1. The van der Waals surface area contributed by atoms with Crippen molar-refractivity contribution in [2.24, 2.45) is 0 Å². The molecule has 15 heavy (non-hydrogen) atoms. The van der Waals surface area contributed by atoms with Crippen LogP contribution < -0.4 is 4.74 Å². The van der Waals surface area contributed by atoms with Crippen LogP contribution >= 0.6 is 0 Å². The van der Waals surface area contributed by atoms with Crippen molar-refractivity contribution < 1.29 is 14.6 Å². The van der Waals surface area contributed by atoms with E-state index in [1.165, 1.54) is 0 Å². The van der Waals surface area contributed by atoms with Crippen molar-refractivity contribution in [3.8, 4) is 5.75 Å². The molecule has 0 aliphatic carbocycles. The van der Waals surface area contributed by atoms with Crippen LogP contribution in [0.1, 0.15) is 18.9 Å². The minimum Gasteiger partial charge on any atom is -0.497 e. The van der Waals surface area contributed by atoms with E-state index in [0.29, 0.717) is 17.6 Å². The third-order valence-electron chi connectivity index (χ3n) is 2.04. The minimum atomic E-state index is -0.901. The van der Waals surface area contributed by atoms with Gasteiger partial charge in [0.1, 0.15) is 5.75 Å². The second kappa shape index (κ2) is 5.20. The van der Waals surface area contributed by atoms with Crippen molar-refractivity contribution in [1.29, 1.82) is 0 Å². The summed E-state index contributed by atoms with van der Waals surface area (Å²) < 4.78 is 5.00. The average molecular weight is 206 g/mol. The van der Waals surface area contributed by atoms with Crippen LogP contribution in [-0.4, -0.2) is 18.2 Å². The molecule has 3 heteroatoms. The molecule has 0 aliphatic rings. The van der Waals surface area contributed by atoms with Gasteiger partial charge in [0.25, 0.3) is 0 Å². The first-order chi connectivity index (χ1) is 7.19. The Morgan fingerprint density at radius 1 is 1.40 bits per heavy atom. The second-order valence-electron chi connectivity index (χ2n) is 3.06. The van der Waals surface area contributed by atoms with E-state index in [4.69, 9.17) is 9.84 Å². The lowest BCUT2D eigenvalue weighted by atomic mass is 10.1. The van der Waals surface area contributed by atoms with Crippen molar-refractivity contribution in [1.82, 2.24) is 0 Å². The number of benzene rings is 1. The molecule has 0 saturated heterocycles. The second-order valence-corrected chi connectivity index (χ2v) is 3.06. The molecule has 1 rings (SSSR count). The van der Waals surface area contributed by atoms with Gasteiger partial charge in [-0.3, -0.25) is 0 Å². The molecule has 0 unspecified atom stereocenters. The Morgan fingerprint density at radius 2 is 2.00 bits per heavy atom. The molecule has 0 aliphatic heterocycles. The molecule has 0 heterocycles. The van der Waals surface area contributed by atoms with Crippen molar-refractivity contribution in [2.45, 2.75) is 13.3 Å². The molecule has 3 nitrogen and oxygen atoms in total. The molecule has 80 valence electrons. The van der Waals surface area contributed by atoms with Gasteiger partial charge in [0.05, 0.1) is 12.7 Å². The molecule has 0 spiro atoms. The van der Waals surface area contributed by atoms with Gasteiger partial charge >= 0.3 is 5.97 Å². The smallest absolute Gasteiger partial charge is 0.335 e. The number of ether oxygens (including phenoxy) is 1. The van der Waals surface area contributed by atoms with Gasteiger partial charge < -0.3 is 9.84 Å². The van der Waals surface area contributed by atoms with E-state index in [-0.39, 0.29) is 0 Å². The zero-order valence-electron chi connectivity index (χ0n) is 8.86. The third-order valence-corrected chi connectivity index (χ3v) is 2.04. The number of carboxylic acid groups (broad SMARTS) is 1. The molecule has 0 bridgehead atoms. The maximum absolute atomic E-state index is 10.9. The van der Waals surface area contributed by atoms with Crippen molar-refractivity contribution >= 4 is 11.5 Å². The molecule has 0 fully saturated rings. The normalized spacial score (nSPS) is 11.2. The lowest BCUT2D eigenvalue weighted by Crippen LogP contribution is -1.99. The third kappa shape index (κ3) is 2.84. The van der Waals surface area contributed by atoms with Crippen LogP contribution in [0.25, 0.3) is 5.57 Å². The summed E-state index contributed by atoms with van der Waals surface area (Å²) in [6, 6.07) is 6.99. The predicted molar refractivity (Wildman–Crippen MR) is 58.9 cm³/mol. The van der Waals surface area contributed by atoms with Gasteiger partial charge in [-0.05, 0) is 24.1 Å². The van der Waals surface area contributed by atoms with Crippen LogP contribution in [0.5, 0.6) is 5.75 Å². The predicted octanol–water partition coefficient (Wildman–Crippen LogP) is 2.57. The molecule has 1 aromatic rings. The number of methoxy groups -OCH3 is 1. The highest BCUT2D eigenvalue weighted by Gasteiger charge is 2.08. The number of rotatable bonds is 4. The Bertz CT molecular complexity index is 363. The van der Waals surface area contributed by atoms with Crippen LogP contribution in [0.2, 0.25) is 0 Å². The Kier molecular flexibility index (Phi) is 3.92. The first-order valence-corrected chi connectivity index (χ1v) is 4.77. The molecule has 0 aromatic heterocycles. The van der Waals surface area contributed by atoms with Crippen LogP contribution in [-0.2, 0) is 4.79 Å². The van der Waals surface area contributed by atoms with Crippen LogP contribution in [0, 0.1) is 0 Å². The van der Waals surface area contributed by atoms with Crippen LogP contribution in [0.15, 0.2) is 30.3 Å². The van der Waals surface area contributed by atoms with Crippen molar-refractivity contribution in [2.75, 3.05) is 7.11 Å². The zero-order valence-corrected chi connectivity index (χ0v) is 8.86. The molecular weight excluding hydrogens is 192 g/mol. The van der Waals surface area contributed by atoms with Gasteiger partial charge in [0.15, 0.2) is 0 Å². The molecular formula is C12H14O3. The van der Waals surface area contributed by atoms with Gasteiger partial charge in [0, 0.05) is 0 Å². The van der Waals surface area contributed by atoms with E-state index in [9.17, 15) is 4.79 Å². The summed E-state index contributed by atoms with van der Waals surface area (Å²) in [5.41, 5.74) is 1.03. The number of carbonyl (C=O) groups is 1. The largest absolute Gasteiger partial charge is 0.497 e. The quantitative estimate of drug-likeness (QED) is 0.770. The fourth-order valence-electron chi connectivity index (χ4n) is 1.30. The molecule has 0 amide bonds. The highest BCUT2D eigenvalue weighted by Crippen LogP contribution is 2.19. The van der Waals surface area contributed by atoms with Gasteiger partial charge in [-0.15, -0.1) is 0 Å². The zero-order chi connectivity index (χ0) is 11.3. The average Bonchev–Trinajstić information content (AvgIpc) is 2.26. The van der Waals surface area contributed by atoms with E-state index in [1.807, 2.05) is 6.92 Å². The van der Waals surface area contributed by atoms with Gasteiger partial charge in [-0.2, -0.15) is 0 Å². The molecule has 1 aromatic carbocycles. The fraction of sp³-hybridized carbons (Fsp3) is 0.250. The van der Waals surface area contributed by atoms with E-state index in [0.717, 1.165) is 5.75 Å². The summed E-state index contributed by atoms with van der Waals surface area (Å²) in [4.78, 5) is 10.9. The van der Waals surface area contributed by atoms with Gasteiger partial charge in [0.2, 0.25) is 0 Å². The minimum absolute atomic E-state index is 0.333. The van der Waals surface area contributed by atoms with Crippen LogP contribution in [0.4, 0.5) is 0 Å². The van der Waals surface area contributed by atoms with Crippen molar-refractivity contribution in [3.05, 3.63) is 35.9 Å². The Hall–Kier alpha value is -1.77. The number of hydrogen-bond donors (Lipinski definition) is 1. The Balaban J connectivity index is 3.02. The van der Waals surface area contributed by atoms with Crippen LogP contribution in [0.3, 0.4) is 0 Å². The van der Waals surface area contributed by atoms with E-state index in [2.05, 4.69) is 0 Å². The fourth-order valence-corrected chi connectivity index (χ4v) is 1.30. The maximum atomic E-state index is 10.9. The maximum Gasteiger partial charge on any atom is 0.335 e. The summed E-state index contributed by atoms with van der Waals surface area (Å²) in [6.07, 6.45) is 2.40. The number of carboxylic acids is 1. The first-order valence-electron chi connectivity index (χ1n) is 4.77. The van der Waals surface area contributed by atoms with E-state index < -0.39 is 5.97 Å². The molecule has 0 atom stereocenters.